The Balaban J connectivity index is 1.48. The molecule has 0 aliphatic carbocycles. The van der Waals surface area contributed by atoms with Crippen LogP contribution < -0.4 is 4.90 Å². The van der Waals surface area contributed by atoms with E-state index in [-0.39, 0.29) is 5.60 Å². The number of rotatable bonds is 3. The number of pyridine rings is 1. The minimum Gasteiger partial charge on any atom is -0.369 e. The van der Waals surface area contributed by atoms with E-state index in [2.05, 4.69) is 36.9 Å². The van der Waals surface area contributed by atoms with Gasteiger partial charge in [-0.2, -0.15) is 0 Å². The van der Waals surface area contributed by atoms with Crippen molar-refractivity contribution < 1.29 is 4.74 Å². The van der Waals surface area contributed by atoms with Gasteiger partial charge in [0.15, 0.2) is 0 Å². The van der Waals surface area contributed by atoms with Crippen LogP contribution in [0.15, 0.2) is 24.3 Å². The first-order chi connectivity index (χ1) is 12.4. The van der Waals surface area contributed by atoms with Crippen LogP contribution in [0.5, 0.6) is 0 Å². The topological polar surface area (TPSA) is 28.6 Å². The van der Waals surface area contributed by atoms with Gasteiger partial charge < -0.3 is 14.5 Å². The molecular formula is C21H26ClN3O. The molecule has 0 radical (unpaired) electrons. The van der Waals surface area contributed by atoms with E-state index in [1.54, 1.807) is 0 Å². The zero-order valence-corrected chi connectivity index (χ0v) is 16.5. The smallest absolute Gasteiger partial charge is 0.129 e. The van der Waals surface area contributed by atoms with Gasteiger partial charge in [-0.15, -0.1) is 0 Å². The van der Waals surface area contributed by atoms with Gasteiger partial charge >= 0.3 is 0 Å². The molecule has 0 N–H and O–H groups in total. The normalized spacial score (nSPS) is 32.8. The van der Waals surface area contributed by atoms with Gasteiger partial charge in [-0.05, 0) is 63.7 Å². The standard InChI is InChI=1S/C21H26ClN3O/c1-13-8-20(23-18-5-4-14(22)9-15(13)18)25-11-17-16(10-24(2)3)19-6-7-21(17,12-25)26-19/h4-5,8-9,16-17,19H,6-7,10-12H2,1-3H3/t16-,17+,19+,21+/m0/s1. The summed E-state index contributed by atoms with van der Waals surface area (Å²) in [6.07, 6.45) is 2.87. The highest BCUT2D eigenvalue weighted by Gasteiger charge is 2.63. The summed E-state index contributed by atoms with van der Waals surface area (Å²) in [6.45, 7) is 5.30. The largest absolute Gasteiger partial charge is 0.369 e. The maximum absolute atomic E-state index is 6.57. The average Bonchev–Trinajstić information content (AvgIpc) is 3.25. The van der Waals surface area contributed by atoms with Gasteiger partial charge in [-0.1, -0.05) is 11.6 Å². The number of aryl methyl sites for hydroxylation is 1. The third-order valence-corrected chi connectivity index (χ3v) is 6.88. The zero-order chi connectivity index (χ0) is 18.1. The fraction of sp³-hybridized carbons (Fsp3) is 0.571. The van der Waals surface area contributed by atoms with Crippen LogP contribution in [-0.2, 0) is 4.74 Å². The molecule has 2 bridgehead atoms. The van der Waals surface area contributed by atoms with Crippen LogP contribution in [-0.4, -0.2) is 55.3 Å². The molecule has 5 heteroatoms. The average molecular weight is 372 g/mol. The Hall–Kier alpha value is -1.36. The molecule has 1 spiro atoms. The molecule has 0 amide bonds. The number of ether oxygens (including phenoxy) is 1. The maximum atomic E-state index is 6.57. The van der Waals surface area contributed by atoms with E-state index in [9.17, 15) is 0 Å². The van der Waals surface area contributed by atoms with Gasteiger partial charge in [0.25, 0.3) is 0 Å². The van der Waals surface area contributed by atoms with Crippen LogP contribution in [0.2, 0.25) is 5.02 Å². The van der Waals surface area contributed by atoms with Gasteiger partial charge in [0.2, 0.25) is 0 Å². The second-order valence-corrected chi connectivity index (χ2v) is 9.07. The molecule has 0 saturated carbocycles. The predicted molar refractivity (Wildman–Crippen MR) is 106 cm³/mol. The summed E-state index contributed by atoms with van der Waals surface area (Å²) in [6, 6.07) is 8.18. The van der Waals surface area contributed by atoms with E-state index in [1.807, 2.05) is 18.2 Å². The third kappa shape index (κ3) is 2.46. The lowest BCUT2D eigenvalue weighted by Gasteiger charge is -2.30. The van der Waals surface area contributed by atoms with Gasteiger partial charge in [0, 0.05) is 41.9 Å². The molecule has 138 valence electrons. The molecule has 2 aromatic rings. The molecule has 3 saturated heterocycles. The van der Waals surface area contributed by atoms with Crippen molar-refractivity contribution in [3.63, 3.8) is 0 Å². The number of aromatic nitrogens is 1. The van der Waals surface area contributed by atoms with Gasteiger partial charge in [0.1, 0.15) is 5.82 Å². The summed E-state index contributed by atoms with van der Waals surface area (Å²) >= 11 is 6.16. The summed E-state index contributed by atoms with van der Waals surface area (Å²) < 4.78 is 6.57. The molecule has 3 fully saturated rings. The summed E-state index contributed by atoms with van der Waals surface area (Å²) in [5.41, 5.74) is 2.31. The zero-order valence-electron chi connectivity index (χ0n) is 15.7. The van der Waals surface area contributed by atoms with Crippen molar-refractivity contribution >= 4 is 28.3 Å². The Morgan fingerprint density at radius 2 is 2.19 bits per heavy atom. The van der Waals surface area contributed by atoms with Crippen LogP contribution in [0.1, 0.15) is 18.4 Å². The molecule has 1 aromatic heterocycles. The highest BCUT2D eigenvalue weighted by molar-refractivity contribution is 6.31. The number of hydrogen-bond acceptors (Lipinski definition) is 4. The molecule has 5 rings (SSSR count). The van der Waals surface area contributed by atoms with E-state index >= 15 is 0 Å². The molecule has 0 unspecified atom stereocenters. The molecule has 4 heterocycles. The summed E-state index contributed by atoms with van der Waals surface area (Å²) in [4.78, 5) is 9.72. The SMILES string of the molecule is Cc1cc(N2C[C@@H]3[C@H](CN(C)C)[C@H]4CC[C@]3(C2)O4)nc2ccc(Cl)cc12. The number of anilines is 1. The number of hydrogen-bond donors (Lipinski definition) is 0. The monoisotopic (exact) mass is 371 g/mol. The molecule has 3 aliphatic heterocycles. The second kappa shape index (κ2) is 5.82. The Morgan fingerprint density at radius 3 is 3.00 bits per heavy atom. The maximum Gasteiger partial charge on any atom is 0.129 e. The van der Waals surface area contributed by atoms with E-state index in [0.29, 0.717) is 17.9 Å². The van der Waals surface area contributed by atoms with Gasteiger partial charge in [-0.3, -0.25) is 0 Å². The van der Waals surface area contributed by atoms with E-state index in [1.165, 1.54) is 18.4 Å². The third-order valence-electron chi connectivity index (χ3n) is 6.65. The fourth-order valence-corrected chi connectivity index (χ4v) is 5.71. The molecule has 1 aromatic carbocycles. The lowest BCUT2D eigenvalue weighted by Crippen LogP contribution is -2.40. The van der Waals surface area contributed by atoms with Crippen molar-refractivity contribution in [2.24, 2.45) is 11.8 Å². The number of nitrogens with zero attached hydrogens (tertiary/aromatic N) is 3. The minimum atomic E-state index is 0.0515. The molecule has 4 atom stereocenters. The molecule has 4 nitrogen and oxygen atoms in total. The first-order valence-corrected chi connectivity index (χ1v) is 9.97. The summed E-state index contributed by atoms with van der Waals surface area (Å²) in [5, 5.41) is 1.91. The summed E-state index contributed by atoms with van der Waals surface area (Å²) in [5.74, 6) is 2.34. The van der Waals surface area contributed by atoms with Crippen molar-refractivity contribution in [1.29, 1.82) is 0 Å². The highest BCUT2D eigenvalue weighted by Crippen LogP contribution is 2.55. The lowest BCUT2D eigenvalue weighted by atomic mass is 9.73. The number of benzene rings is 1. The van der Waals surface area contributed by atoms with Crippen molar-refractivity contribution in [3.05, 3.63) is 34.9 Å². The Bertz CT molecular complexity index is 870. The first-order valence-electron chi connectivity index (χ1n) is 9.60. The van der Waals surface area contributed by atoms with Crippen molar-refractivity contribution in [2.75, 3.05) is 38.6 Å². The van der Waals surface area contributed by atoms with Crippen LogP contribution in [0, 0.1) is 18.8 Å². The number of halogens is 1. The lowest BCUT2D eigenvalue weighted by molar-refractivity contribution is 0.0136. The highest BCUT2D eigenvalue weighted by atomic mass is 35.5. The first kappa shape index (κ1) is 16.8. The molecule has 26 heavy (non-hydrogen) atoms. The molecular weight excluding hydrogens is 346 g/mol. The van der Waals surface area contributed by atoms with E-state index < -0.39 is 0 Å². The van der Waals surface area contributed by atoms with Crippen LogP contribution in [0.25, 0.3) is 10.9 Å². The predicted octanol–water partition coefficient (Wildman–Crippen LogP) is 3.74. The quantitative estimate of drug-likeness (QED) is 0.821. The van der Waals surface area contributed by atoms with Gasteiger partial charge in [0.05, 0.1) is 17.2 Å². The van der Waals surface area contributed by atoms with E-state index in [4.69, 9.17) is 21.3 Å². The van der Waals surface area contributed by atoms with Crippen LogP contribution in [0.4, 0.5) is 5.82 Å². The van der Waals surface area contributed by atoms with Crippen molar-refractivity contribution in [2.45, 2.75) is 31.5 Å². The van der Waals surface area contributed by atoms with Crippen molar-refractivity contribution in [3.8, 4) is 0 Å². The fourth-order valence-electron chi connectivity index (χ4n) is 5.54. The second-order valence-electron chi connectivity index (χ2n) is 8.63. The summed E-state index contributed by atoms with van der Waals surface area (Å²) in [7, 11) is 4.34. The van der Waals surface area contributed by atoms with Gasteiger partial charge in [-0.25, -0.2) is 4.98 Å². The Kier molecular flexibility index (Phi) is 3.76. The van der Waals surface area contributed by atoms with Crippen LogP contribution >= 0.6 is 11.6 Å². The Morgan fingerprint density at radius 1 is 1.35 bits per heavy atom. The molecule has 3 aliphatic rings. The number of fused-ring (bicyclic) bond motifs is 2. The minimum absolute atomic E-state index is 0.0515. The van der Waals surface area contributed by atoms with Crippen LogP contribution in [0.3, 0.4) is 0 Å². The van der Waals surface area contributed by atoms with Crippen molar-refractivity contribution in [1.82, 2.24) is 9.88 Å². The Labute approximate surface area is 160 Å². The van der Waals surface area contributed by atoms with E-state index in [0.717, 1.165) is 41.4 Å².